The molecule has 4 atom stereocenters. The van der Waals surface area contributed by atoms with Crippen LogP contribution in [-0.2, 0) is 27.2 Å². The lowest BCUT2D eigenvalue weighted by Crippen LogP contribution is -2.38. The minimum Gasteiger partial charge on any atom is -0.508 e. The number of pyridine rings is 1. The first kappa shape index (κ1) is 48.1. The van der Waals surface area contributed by atoms with Crippen molar-refractivity contribution in [1.82, 2.24) is 39.6 Å². The predicted octanol–water partition coefficient (Wildman–Crippen LogP) is 1.53. The van der Waals surface area contributed by atoms with Gasteiger partial charge in [0.2, 0.25) is 0 Å². The number of aromatic nitrogens is 5. The Kier molecular flexibility index (Phi) is 17.2. The number of aliphatic hydroxyl groups excluding tert-OH is 4. The van der Waals surface area contributed by atoms with Crippen LogP contribution in [0.2, 0.25) is 0 Å². The van der Waals surface area contributed by atoms with E-state index in [1.807, 2.05) is 20.8 Å². The van der Waals surface area contributed by atoms with E-state index >= 15 is 0 Å². The number of nitrogens with one attached hydrogen (secondary N) is 3. The Hall–Kier alpha value is -5.54. The first-order valence-electron chi connectivity index (χ1n) is 20.0. The summed E-state index contributed by atoms with van der Waals surface area (Å²) >= 11 is 0. The van der Waals surface area contributed by atoms with E-state index in [9.17, 15) is 50.4 Å². The molecule has 2 aromatic carbocycles. The molecule has 61 heavy (non-hydrogen) atoms. The van der Waals surface area contributed by atoms with E-state index in [1.165, 1.54) is 54.3 Å². The molecule has 1 saturated heterocycles. The van der Waals surface area contributed by atoms with Gasteiger partial charge in [0.25, 0.3) is 5.56 Å². The van der Waals surface area contributed by atoms with Gasteiger partial charge in [0.1, 0.15) is 29.0 Å². The number of piperidine rings is 1. The largest absolute Gasteiger partial charge is 0.508 e. The minimum atomic E-state index is -0.881. The van der Waals surface area contributed by atoms with Crippen molar-refractivity contribution >= 4 is 11.2 Å². The number of imidazole rings is 1. The van der Waals surface area contributed by atoms with Crippen LogP contribution in [0, 0.1) is 0 Å². The molecule has 2 unspecified atom stereocenters. The maximum Gasteiger partial charge on any atom is 0.332 e. The van der Waals surface area contributed by atoms with Crippen molar-refractivity contribution in [3.8, 4) is 28.7 Å². The number of benzene rings is 2. The summed E-state index contributed by atoms with van der Waals surface area (Å²) in [4.78, 5) is 32.5. The number of nitrogens with zero attached hydrogens (tertiary/aromatic N) is 5. The Morgan fingerprint density at radius 3 is 2.15 bits per heavy atom. The van der Waals surface area contributed by atoms with Crippen LogP contribution in [0.15, 0.2) is 64.4 Å². The van der Waals surface area contributed by atoms with Gasteiger partial charge in [0, 0.05) is 51.4 Å². The number of aliphatic hydroxyl groups is 4. The predicted molar refractivity (Wildman–Crippen MR) is 227 cm³/mol. The number of fused-ring (bicyclic) bond motifs is 1. The Bertz CT molecular complexity index is 2300. The van der Waals surface area contributed by atoms with Gasteiger partial charge in [0.05, 0.1) is 30.8 Å². The number of β-amino-alcohol motifs (C(OH)–C–C–N with tert-alkyl or cyclic N) is 1. The zero-order valence-electron chi connectivity index (χ0n) is 35.2. The van der Waals surface area contributed by atoms with Crippen LogP contribution >= 0.6 is 0 Å². The molecule has 19 heteroatoms. The molecule has 3 aromatic heterocycles. The van der Waals surface area contributed by atoms with E-state index in [1.54, 1.807) is 23.7 Å². The summed E-state index contributed by atoms with van der Waals surface area (Å²) < 4.78 is 4.11. The molecule has 4 heterocycles. The summed E-state index contributed by atoms with van der Waals surface area (Å²) in [5, 5.41) is 95.5. The van der Waals surface area contributed by atoms with Crippen LogP contribution in [0.25, 0.3) is 11.2 Å². The van der Waals surface area contributed by atoms with Crippen LogP contribution in [0.5, 0.6) is 28.7 Å². The standard InChI is InChI=1S/C18H23N5O5.C12H20N2O3.C12H17NO3/c1-21-16-15(17(27)22(2)18(21)28)23(10-20-16)5-3-4-19-9-14(26)11-6-12(24)8-13(25)7-11;1-12(2,3)13-6-11(17)8-4-5-10(16)9(7-15)14-8;14-10-5-4-8(7-11(10)15)12(16)9-3-1-2-6-13-9/h6-8,10,14,19,24-26H,3-5,9H2,1-2H3;4-5,11,13,15-17H,6-7H2,1-3H3;4-5,7,9,12-16H,1-3,6H2/t;;9-,12+/m..1/s1. The third-order valence-electron chi connectivity index (χ3n) is 9.98. The highest BCUT2D eigenvalue weighted by atomic mass is 16.3. The highest BCUT2D eigenvalue weighted by Crippen LogP contribution is 2.31. The number of aryl methyl sites for hydroxylation is 2. The van der Waals surface area contributed by atoms with Crippen molar-refractivity contribution in [2.24, 2.45) is 14.1 Å². The molecule has 0 aliphatic carbocycles. The highest BCUT2D eigenvalue weighted by Gasteiger charge is 2.23. The van der Waals surface area contributed by atoms with Gasteiger partial charge in [-0.1, -0.05) is 12.5 Å². The second-order valence-corrected chi connectivity index (χ2v) is 15.9. The second-order valence-electron chi connectivity index (χ2n) is 15.9. The molecule has 5 aromatic rings. The lowest BCUT2D eigenvalue weighted by atomic mass is 9.95. The van der Waals surface area contributed by atoms with Crippen molar-refractivity contribution < 1.29 is 46.0 Å². The minimum absolute atomic E-state index is 0.0395. The van der Waals surface area contributed by atoms with E-state index in [-0.39, 0.29) is 64.7 Å². The Labute approximate surface area is 352 Å². The first-order valence-corrected chi connectivity index (χ1v) is 20.0. The fourth-order valence-corrected chi connectivity index (χ4v) is 6.53. The second kappa shape index (κ2) is 21.8. The van der Waals surface area contributed by atoms with Crippen molar-refractivity contribution in [2.75, 3.05) is 26.2 Å². The van der Waals surface area contributed by atoms with Crippen LogP contribution in [0.1, 0.15) is 87.3 Å². The summed E-state index contributed by atoms with van der Waals surface area (Å²) in [6.07, 6.45) is 3.11. The maximum absolute atomic E-state index is 12.4. The third kappa shape index (κ3) is 13.5. The number of phenolic OH excluding ortho intramolecular Hbond substituents is 4. The van der Waals surface area contributed by atoms with Crippen molar-refractivity contribution in [2.45, 2.75) is 89.5 Å². The third-order valence-corrected chi connectivity index (χ3v) is 9.98. The van der Waals surface area contributed by atoms with Crippen molar-refractivity contribution in [3.63, 3.8) is 0 Å². The molecular formula is C42H60N8O11. The average Bonchev–Trinajstić information content (AvgIpc) is 3.66. The molecule has 1 aliphatic heterocycles. The molecule has 1 aliphatic rings. The van der Waals surface area contributed by atoms with Gasteiger partial charge < -0.3 is 66.5 Å². The van der Waals surface area contributed by atoms with Crippen molar-refractivity contribution in [1.29, 1.82) is 0 Å². The monoisotopic (exact) mass is 852 g/mol. The van der Waals surface area contributed by atoms with Crippen molar-refractivity contribution in [3.05, 3.63) is 98.2 Å². The molecule has 6 rings (SSSR count). The number of rotatable bonds is 13. The number of phenols is 4. The Balaban J connectivity index is 0.000000214. The van der Waals surface area contributed by atoms with Gasteiger partial charge in [-0.3, -0.25) is 13.9 Å². The van der Waals surface area contributed by atoms with Gasteiger partial charge in [-0.25, -0.2) is 14.8 Å². The highest BCUT2D eigenvalue weighted by molar-refractivity contribution is 5.69. The Morgan fingerprint density at radius 1 is 0.836 bits per heavy atom. The molecule has 0 radical (unpaired) electrons. The fraction of sp³-hybridized carbons (Fsp3) is 0.476. The van der Waals surface area contributed by atoms with E-state index in [2.05, 4.69) is 25.9 Å². The van der Waals surface area contributed by atoms with Gasteiger partial charge >= 0.3 is 5.69 Å². The number of hydrogen-bond acceptors (Lipinski definition) is 16. The van der Waals surface area contributed by atoms with E-state index in [0.717, 1.165) is 30.4 Å². The quantitative estimate of drug-likeness (QED) is 0.0591. The SMILES string of the molecule is CC(C)(C)NCC(O)c1ccc(O)c(CO)n1.Cn1c(=O)c2c(ncn2CCCNCC(O)c2cc(O)cc(O)c2)n(C)c1=O.Oc1ccc([C@H](O)[C@H]2CCCCN2)cc1O. The van der Waals surface area contributed by atoms with Crippen LogP contribution in [0.3, 0.4) is 0 Å². The smallest absolute Gasteiger partial charge is 0.332 e. The topological polar surface area (TPSA) is 293 Å². The molecule has 0 saturated carbocycles. The van der Waals surface area contributed by atoms with E-state index in [0.29, 0.717) is 54.0 Å². The van der Waals surface area contributed by atoms with Gasteiger partial charge in [-0.05, 0) is 101 Å². The zero-order valence-corrected chi connectivity index (χ0v) is 35.2. The lowest BCUT2D eigenvalue weighted by molar-refractivity contribution is 0.113. The molecule has 19 nitrogen and oxygen atoms in total. The summed E-state index contributed by atoms with van der Waals surface area (Å²) in [6.45, 7) is 8.27. The van der Waals surface area contributed by atoms with Gasteiger partial charge in [-0.15, -0.1) is 0 Å². The van der Waals surface area contributed by atoms with E-state index < -0.39 is 24.0 Å². The van der Waals surface area contributed by atoms with Crippen LogP contribution in [0.4, 0.5) is 0 Å². The van der Waals surface area contributed by atoms with Crippen LogP contribution < -0.4 is 27.2 Å². The average molecular weight is 853 g/mol. The summed E-state index contributed by atoms with van der Waals surface area (Å²) in [5.74, 6) is -0.638. The lowest BCUT2D eigenvalue weighted by Gasteiger charge is -2.28. The zero-order chi connectivity index (χ0) is 45.0. The Morgan fingerprint density at radius 2 is 1.52 bits per heavy atom. The first-order chi connectivity index (χ1) is 28.8. The molecule has 12 N–H and O–H groups in total. The summed E-state index contributed by atoms with van der Waals surface area (Å²) in [6, 6.07) is 11.4. The molecule has 0 amide bonds. The molecule has 1 fully saturated rings. The molecular weight excluding hydrogens is 793 g/mol. The van der Waals surface area contributed by atoms with Crippen LogP contribution in [-0.4, -0.2) is 107 Å². The maximum atomic E-state index is 12.4. The van der Waals surface area contributed by atoms with Gasteiger partial charge in [-0.2, -0.15) is 0 Å². The van der Waals surface area contributed by atoms with Gasteiger partial charge in [0.15, 0.2) is 22.7 Å². The number of hydrogen-bond donors (Lipinski definition) is 12. The summed E-state index contributed by atoms with van der Waals surface area (Å²) in [5.41, 5.74) is 1.49. The molecule has 334 valence electrons. The fourth-order valence-electron chi connectivity index (χ4n) is 6.53. The summed E-state index contributed by atoms with van der Waals surface area (Å²) in [7, 11) is 3.01. The molecule has 0 spiro atoms. The molecule has 0 bridgehead atoms. The number of aromatic hydroxyl groups is 5. The normalized spacial score (nSPS) is 15.6. The van der Waals surface area contributed by atoms with E-state index in [4.69, 9.17) is 5.11 Å².